The van der Waals surface area contributed by atoms with E-state index < -0.39 is 29.3 Å². The van der Waals surface area contributed by atoms with Crippen molar-refractivity contribution >= 4 is 17.4 Å². The van der Waals surface area contributed by atoms with Crippen molar-refractivity contribution in [2.24, 2.45) is 0 Å². The second-order valence-electron chi connectivity index (χ2n) is 9.47. The van der Waals surface area contributed by atoms with Crippen LogP contribution in [0.15, 0.2) is 72.6 Å². The average Bonchev–Trinajstić information content (AvgIpc) is 3.08. The van der Waals surface area contributed by atoms with Crippen molar-refractivity contribution in [2.75, 3.05) is 7.11 Å². The second-order valence-corrected chi connectivity index (χ2v) is 9.47. The summed E-state index contributed by atoms with van der Waals surface area (Å²) in [4.78, 5) is 31.8. The minimum absolute atomic E-state index is 0.0212. The number of Topliss-reactive ketones (excluding diaryl/α,β-unsaturated/α-hetero) is 1. The summed E-state index contributed by atoms with van der Waals surface area (Å²) in [6, 6.07) is 13.6. The largest absolute Gasteiger partial charge is 0.507 e. The van der Waals surface area contributed by atoms with Crippen LogP contribution in [0.2, 0.25) is 0 Å². The number of rotatable bonds is 5. The number of amides is 1. The van der Waals surface area contributed by atoms with Gasteiger partial charge in [-0.1, -0.05) is 51.1 Å². The number of ketones is 1. The molecule has 0 radical (unpaired) electrons. The number of likely N-dealkylation sites (tertiary alicyclic amines) is 1. The van der Waals surface area contributed by atoms with E-state index in [1.165, 1.54) is 30.2 Å². The van der Waals surface area contributed by atoms with E-state index in [2.05, 4.69) is 4.98 Å². The van der Waals surface area contributed by atoms with Crippen LogP contribution < -0.4 is 4.74 Å². The van der Waals surface area contributed by atoms with Gasteiger partial charge in [0.1, 0.15) is 17.3 Å². The molecule has 4 rings (SSSR count). The zero-order valence-electron chi connectivity index (χ0n) is 20.1. The number of ether oxygens (including phenoxy) is 1. The third kappa shape index (κ3) is 4.54. The van der Waals surface area contributed by atoms with Gasteiger partial charge in [-0.2, -0.15) is 0 Å². The number of pyridine rings is 1. The lowest BCUT2D eigenvalue weighted by molar-refractivity contribution is -0.140. The quantitative estimate of drug-likeness (QED) is 0.314. The Hall–Kier alpha value is -4.00. The molecule has 1 atom stereocenters. The van der Waals surface area contributed by atoms with E-state index >= 15 is 4.39 Å². The Bertz CT molecular complexity index is 1310. The second kappa shape index (κ2) is 9.33. The molecule has 2 aromatic carbocycles. The van der Waals surface area contributed by atoms with Crippen molar-refractivity contribution in [1.82, 2.24) is 9.88 Å². The van der Waals surface area contributed by atoms with Crippen molar-refractivity contribution in [1.29, 1.82) is 0 Å². The van der Waals surface area contributed by atoms with Gasteiger partial charge < -0.3 is 14.7 Å². The predicted octanol–water partition coefficient (Wildman–Crippen LogP) is 5.15. The normalized spacial score (nSPS) is 17.6. The van der Waals surface area contributed by atoms with Crippen LogP contribution in [0.5, 0.6) is 5.75 Å². The lowest BCUT2D eigenvalue weighted by Crippen LogP contribution is -2.29. The number of aliphatic hydroxyl groups excluding tert-OH is 1. The molecule has 6 nitrogen and oxygen atoms in total. The SMILES string of the molecule is COc1ccc(C(C)(C)C)cc1/C(O)=C1\C(=O)C(=O)N(Cc2cccnc2)C1c1ccccc1F. The number of aromatic nitrogens is 1. The highest BCUT2D eigenvalue weighted by molar-refractivity contribution is 6.46. The van der Waals surface area contributed by atoms with Crippen molar-refractivity contribution in [3.8, 4) is 5.75 Å². The summed E-state index contributed by atoms with van der Waals surface area (Å²) in [6.45, 7) is 6.08. The van der Waals surface area contributed by atoms with Crippen molar-refractivity contribution < 1.29 is 23.8 Å². The minimum Gasteiger partial charge on any atom is -0.507 e. The van der Waals surface area contributed by atoms with Gasteiger partial charge in [0.2, 0.25) is 0 Å². The maximum atomic E-state index is 15.0. The van der Waals surface area contributed by atoms with E-state index in [-0.39, 0.29) is 28.7 Å². The maximum absolute atomic E-state index is 15.0. The Balaban J connectivity index is 1.95. The summed E-state index contributed by atoms with van der Waals surface area (Å²) in [5.74, 6) is -2.37. The lowest BCUT2D eigenvalue weighted by Gasteiger charge is -2.26. The van der Waals surface area contributed by atoms with Crippen LogP contribution >= 0.6 is 0 Å². The van der Waals surface area contributed by atoms with Crippen molar-refractivity contribution in [3.05, 3.63) is 101 Å². The molecule has 1 saturated heterocycles. The topological polar surface area (TPSA) is 79.7 Å². The average molecular weight is 475 g/mol. The molecular weight excluding hydrogens is 447 g/mol. The predicted molar refractivity (Wildman–Crippen MR) is 130 cm³/mol. The molecule has 0 spiro atoms. The van der Waals surface area contributed by atoms with E-state index in [1.54, 1.807) is 42.7 Å². The zero-order chi connectivity index (χ0) is 25.3. The first-order chi connectivity index (χ1) is 16.6. The fraction of sp³-hybridized carbons (Fsp3) is 0.250. The molecule has 0 saturated carbocycles. The highest BCUT2D eigenvalue weighted by Gasteiger charge is 2.47. The van der Waals surface area contributed by atoms with Crippen molar-refractivity contribution in [3.63, 3.8) is 0 Å². The monoisotopic (exact) mass is 474 g/mol. The number of nitrogens with zero attached hydrogens (tertiary/aromatic N) is 2. The zero-order valence-corrected chi connectivity index (χ0v) is 20.1. The van der Waals surface area contributed by atoms with Crippen LogP contribution in [0.1, 0.15) is 49.1 Å². The summed E-state index contributed by atoms with van der Waals surface area (Å²) in [6.07, 6.45) is 3.17. The Morgan fingerprint density at radius 3 is 2.49 bits per heavy atom. The van der Waals surface area contributed by atoms with E-state index in [9.17, 15) is 14.7 Å². The molecule has 2 heterocycles. The molecule has 3 aromatic rings. The first-order valence-electron chi connectivity index (χ1n) is 11.2. The minimum atomic E-state index is -1.13. The molecule has 1 amide bonds. The number of carbonyl (C=O) groups is 2. The smallest absolute Gasteiger partial charge is 0.295 e. The fourth-order valence-electron chi connectivity index (χ4n) is 4.26. The van der Waals surface area contributed by atoms with Gasteiger partial charge in [0.15, 0.2) is 0 Å². The molecule has 0 aliphatic carbocycles. The first kappa shape index (κ1) is 24.1. The summed E-state index contributed by atoms with van der Waals surface area (Å²) < 4.78 is 20.5. The molecule has 1 N–H and O–H groups in total. The molecule has 1 unspecified atom stereocenters. The molecule has 0 bridgehead atoms. The molecule has 1 aliphatic heterocycles. The number of methoxy groups -OCH3 is 1. The highest BCUT2D eigenvalue weighted by atomic mass is 19.1. The molecule has 1 fully saturated rings. The molecular formula is C28H27FN2O4. The van der Waals surface area contributed by atoms with Crippen LogP contribution in [0, 0.1) is 5.82 Å². The van der Waals surface area contributed by atoms with E-state index in [0.717, 1.165) is 5.56 Å². The number of benzene rings is 2. The molecule has 7 heteroatoms. The van der Waals surface area contributed by atoms with Gasteiger partial charge in [-0.05, 0) is 40.8 Å². The Morgan fingerprint density at radius 2 is 1.86 bits per heavy atom. The molecule has 180 valence electrons. The van der Waals surface area contributed by atoms with Gasteiger partial charge in [-0.3, -0.25) is 14.6 Å². The standard InChI is InChI=1S/C28H27FN2O4/c1-28(2,3)18-11-12-22(35-4)20(14-18)25(32)23-24(19-9-5-6-10-21(19)29)31(27(34)26(23)33)16-17-8-7-13-30-15-17/h5-15,24,32H,16H2,1-4H3/b25-23+. The van der Waals surface area contributed by atoms with E-state index in [0.29, 0.717) is 11.3 Å². The van der Waals surface area contributed by atoms with Crippen molar-refractivity contribution in [2.45, 2.75) is 38.8 Å². The van der Waals surface area contributed by atoms with Crippen LogP contribution in [-0.2, 0) is 21.5 Å². The maximum Gasteiger partial charge on any atom is 0.295 e. The van der Waals surface area contributed by atoms with Gasteiger partial charge in [0.25, 0.3) is 11.7 Å². The van der Waals surface area contributed by atoms with Gasteiger partial charge in [0.05, 0.1) is 24.3 Å². The fourth-order valence-corrected chi connectivity index (χ4v) is 4.26. The van der Waals surface area contributed by atoms with Crippen LogP contribution in [0.3, 0.4) is 0 Å². The van der Waals surface area contributed by atoms with Gasteiger partial charge in [-0.25, -0.2) is 4.39 Å². The third-order valence-electron chi connectivity index (χ3n) is 6.14. The molecule has 1 aromatic heterocycles. The van der Waals surface area contributed by atoms with Gasteiger partial charge in [-0.15, -0.1) is 0 Å². The summed E-state index contributed by atoms with van der Waals surface area (Å²) >= 11 is 0. The Kier molecular flexibility index (Phi) is 6.43. The summed E-state index contributed by atoms with van der Waals surface area (Å²) in [5, 5.41) is 11.5. The number of carbonyl (C=O) groups excluding carboxylic acids is 2. The summed E-state index contributed by atoms with van der Waals surface area (Å²) in [5.41, 5.74) is 1.51. The van der Waals surface area contributed by atoms with Crippen LogP contribution in [-0.4, -0.2) is 33.8 Å². The Morgan fingerprint density at radius 1 is 1.11 bits per heavy atom. The molecule has 1 aliphatic rings. The number of halogens is 1. The number of hydrogen-bond acceptors (Lipinski definition) is 5. The third-order valence-corrected chi connectivity index (χ3v) is 6.14. The van der Waals surface area contributed by atoms with E-state index in [1.807, 2.05) is 26.8 Å². The summed E-state index contributed by atoms with van der Waals surface area (Å²) in [7, 11) is 1.46. The number of hydrogen-bond donors (Lipinski definition) is 1. The Labute approximate surface area is 203 Å². The highest BCUT2D eigenvalue weighted by Crippen LogP contribution is 2.43. The first-order valence-corrected chi connectivity index (χ1v) is 11.2. The van der Waals surface area contributed by atoms with Gasteiger partial charge >= 0.3 is 0 Å². The van der Waals surface area contributed by atoms with Crippen LogP contribution in [0.25, 0.3) is 5.76 Å². The van der Waals surface area contributed by atoms with E-state index in [4.69, 9.17) is 4.74 Å². The molecule has 35 heavy (non-hydrogen) atoms. The van der Waals surface area contributed by atoms with Crippen LogP contribution in [0.4, 0.5) is 4.39 Å². The lowest BCUT2D eigenvalue weighted by atomic mass is 9.85. The number of aliphatic hydroxyl groups is 1. The van der Waals surface area contributed by atoms with Gasteiger partial charge in [0, 0.05) is 24.5 Å².